The average Bonchev–Trinajstić information content (AvgIpc) is 3.38. The minimum Gasteiger partial charge on any atom is -0.507 e. The summed E-state index contributed by atoms with van der Waals surface area (Å²) in [4.78, 5) is 27.1. The summed E-state index contributed by atoms with van der Waals surface area (Å²) in [6.07, 6.45) is 2.40. The van der Waals surface area contributed by atoms with Crippen molar-refractivity contribution in [2.45, 2.75) is 39.2 Å². The maximum Gasteiger partial charge on any atom is 0.295 e. The van der Waals surface area contributed by atoms with Crippen LogP contribution in [0.3, 0.4) is 0 Å². The number of carbonyl (C=O) groups is 2. The Hall–Kier alpha value is -3.02. The van der Waals surface area contributed by atoms with Crippen LogP contribution in [-0.2, 0) is 16.0 Å². The number of aliphatic hydroxyl groups excluding tert-OH is 1. The van der Waals surface area contributed by atoms with E-state index in [2.05, 4.69) is 0 Å². The van der Waals surface area contributed by atoms with Crippen LogP contribution in [0.15, 0.2) is 40.3 Å². The number of aryl methyl sites for hydroxylation is 1. The number of carbonyl (C=O) groups excluding carboxylic acids is 2. The third kappa shape index (κ3) is 2.99. The molecule has 1 saturated heterocycles. The Morgan fingerprint density at radius 1 is 1.25 bits per heavy atom. The van der Waals surface area contributed by atoms with E-state index in [4.69, 9.17) is 9.15 Å². The molecule has 1 atom stereocenters. The number of ketones is 1. The zero-order valence-electron chi connectivity index (χ0n) is 16.0. The number of hydrogen-bond acceptors (Lipinski definition) is 5. The Labute approximate surface area is 163 Å². The standard InChI is InChI=1S/C22H23NO5/c1-3-4-10-23-19(17-7-5-13(2)28-17)18(21(25)22(23)26)20(24)15-6-8-16-14(12-15)9-11-27-16/h5-8,12,19,24H,3-4,9-11H2,1-2H3/b20-18-. The van der Waals surface area contributed by atoms with Gasteiger partial charge in [0.25, 0.3) is 11.7 Å². The van der Waals surface area contributed by atoms with Gasteiger partial charge < -0.3 is 19.2 Å². The summed E-state index contributed by atoms with van der Waals surface area (Å²) in [5.74, 6) is 0.511. The number of hydrogen-bond donors (Lipinski definition) is 1. The van der Waals surface area contributed by atoms with E-state index in [1.54, 1.807) is 24.3 Å². The molecule has 2 aliphatic rings. The summed E-state index contributed by atoms with van der Waals surface area (Å²) in [6.45, 7) is 4.87. The fraction of sp³-hybridized carbons (Fsp3) is 0.364. The summed E-state index contributed by atoms with van der Waals surface area (Å²) in [7, 11) is 0. The summed E-state index contributed by atoms with van der Waals surface area (Å²) in [6, 6.07) is 8.16. The van der Waals surface area contributed by atoms with Crippen LogP contribution < -0.4 is 4.74 Å². The number of rotatable bonds is 5. The Balaban J connectivity index is 1.83. The van der Waals surface area contributed by atoms with Crippen molar-refractivity contribution in [2.75, 3.05) is 13.2 Å². The number of furan rings is 1. The van der Waals surface area contributed by atoms with E-state index in [1.165, 1.54) is 4.90 Å². The van der Waals surface area contributed by atoms with Gasteiger partial charge in [-0.15, -0.1) is 0 Å². The second-order valence-corrected chi connectivity index (χ2v) is 7.22. The molecule has 3 heterocycles. The maximum atomic E-state index is 12.8. The zero-order chi connectivity index (χ0) is 19.8. The molecule has 2 aliphatic heterocycles. The highest BCUT2D eigenvalue weighted by Gasteiger charge is 2.47. The van der Waals surface area contributed by atoms with Crippen molar-refractivity contribution >= 4 is 17.4 Å². The van der Waals surface area contributed by atoms with Gasteiger partial charge in [-0.1, -0.05) is 13.3 Å². The number of nitrogens with zero attached hydrogens (tertiary/aromatic N) is 1. The lowest BCUT2D eigenvalue weighted by atomic mass is 9.98. The molecule has 2 aromatic rings. The fourth-order valence-electron chi connectivity index (χ4n) is 3.82. The van der Waals surface area contributed by atoms with Crippen molar-refractivity contribution in [3.8, 4) is 5.75 Å². The van der Waals surface area contributed by atoms with E-state index >= 15 is 0 Å². The van der Waals surface area contributed by atoms with Gasteiger partial charge in [-0.25, -0.2) is 0 Å². The highest BCUT2D eigenvalue weighted by Crippen LogP contribution is 2.40. The molecule has 6 nitrogen and oxygen atoms in total. The van der Waals surface area contributed by atoms with Crippen LogP contribution in [-0.4, -0.2) is 34.8 Å². The molecule has 4 rings (SSSR count). The van der Waals surface area contributed by atoms with Gasteiger partial charge in [0.05, 0.1) is 12.2 Å². The van der Waals surface area contributed by atoms with Crippen LogP contribution in [0.1, 0.15) is 48.5 Å². The summed E-state index contributed by atoms with van der Waals surface area (Å²) in [5.41, 5.74) is 1.56. The summed E-state index contributed by atoms with van der Waals surface area (Å²) in [5, 5.41) is 11.0. The predicted octanol–water partition coefficient (Wildman–Crippen LogP) is 3.74. The maximum absolute atomic E-state index is 12.8. The summed E-state index contributed by atoms with van der Waals surface area (Å²) >= 11 is 0. The van der Waals surface area contributed by atoms with Crippen LogP contribution in [0.4, 0.5) is 0 Å². The van der Waals surface area contributed by atoms with Gasteiger partial charge in [0.15, 0.2) is 0 Å². The number of amides is 1. The van der Waals surface area contributed by atoms with Crippen LogP contribution in [0.25, 0.3) is 5.76 Å². The number of unbranched alkanes of at least 4 members (excludes halogenated alkanes) is 1. The molecule has 1 aromatic carbocycles. The molecular formula is C22H23NO5. The van der Waals surface area contributed by atoms with Crippen molar-refractivity contribution in [3.63, 3.8) is 0 Å². The Morgan fingerprint density at radius 2 is 2.07 bits per heavy atom. The molecule has 0 radical (unpaired) electrons. The van der Waals surface area contributed by atoms with Crippen molar-refractivity contribution in [1.82, 2.24) is 4.90 Å². The van der Waals surface area contributed by atoms with Gasteiger partial charge in [-0.05, 0) is 49.2 Å². The Morgan fingerprint density at radius 3 is 2.79 bits per heavy atom. The number of Topliss-reactive ketones (excluding diaryl/α,β-unsaturated/α-hetero) is 1. The molecule has 0 aliphatic carbocycles. The average molecular weight is 381 g/mol. The quantitative estimate of drug-likeness (QED) is 0.485. The molecule has 1 fully saturated rings. The van der Waals surface area contributed by atoms with Gasteiger partial charge in [-0.3, -0.25) is 9.59 Å². The lowest BCUT2D eigenvalue weighted by molar-refractivity contribution is -0.140. The molecule has 1 aromatic heterocycles. The van der Waals surface area contributed by atoms with E-state index in [0.29, 0.717) is 30.2 Å². The number of likely N-dealkylation sites (tertiary alicyclic amines) is 1. The highest BCUT2D eigenvalue weighted by atomic mass is 16.5. The van der Waals surface area contributed by atoms with Crippen LogP contribution in [0, 0.1) is 6.92 Å². The van der Waals surface area contributed by atoms with Crippen LogP contribution in [0.5, 0.6) is 5.75 Å². The molecule has 0 saturated carbocycles. The first-order valence-electron chi connectivity index (χ1n) is 9.62. The van der Waals surface area contributed by atoms with Gasteiger partial charge in [0.2, 0.25) is 0 Å². The van der Waals surface area contributed by atoms with E-state index in [-0.39, 0.29) is 11.3 Å². The minimum atomic E-state index is -0.718. The number of benzene rings is 1. The Kier molecular flexibility index (Phi) is 4.71. The molecule has 1 unspecified atom stereocenters. The van der Waals surface area contributed by atoms with Crippen LogP contribution in [0.2, 0.25) is 0 Å². The van der Waals surface area contributed by atoms with E-state index in [9.17, 15) is 14.7 Å². The summed E-state index contributed by atoms with van der Waals surface area (Å²) < 4.78 is 11.3. The van der Waals surface area contributed by atoms with E-state index < -0.39 is 17.7 Å². The third-order valence-corrected chi connectivity index (χ3v) is 5.29. The largest absolute Gasteiger partial charge is 0.507 e. The predicted molar refractivity (Wildman–Crippen MR) is 103 cm³/mol. The number of fused-ring (bicyclic) bond motifs is 1. The lowest BCUT2D eigenvalue weighted by Gasteiger charge is -2.23. The van der Waals surface area contributed by atoms with Crippen LogP contribution >= 0.6 is 0 Å². The van der Waals surface area contributed by atoms with Gasteiger partial charge in [0, 0.05) is 18.5 Å². The molecule has 0 bridgehead atoms. The second-order valence-electron chi connectivity index (χ2n) is 7.22. The molecule has 1 N–H and O–H groups in total. The normalized spacial score (nSPS) is 20.5. The molecule has 6 heteroatoms. The number of ether oxygens (including phenoxy) is 1. The second kappa shape index (κ2) is 7.19. The third-order valence-electron chi connectivity index (χ3n) is 5.29. The molecule has 146 valence electrons. The van der Waals surface area contributed by atoms with Crippen molar-refractivity contribution in [1.29, 1.82) is 0 Å². The van der Waals surface area contributed by atoms with Gasteiger partial charge in [0.1, 0.15) is 29.1 Å². The fourth-order valence-corrected chi connectivity index (χ4v) is 3.82. The smallest absolute Gasteiger partial charge is 0.295 e. The monoisotopic (exact) mass is 381 g/mol. The lowest BCUT2D eigenvalue weighted by Crippen LogP contribution is -2.30. The SMILES string of the molecule is CCCCN1C(=O)C(=O)/C(=C(\O)c2ccc3c(c2)CCO3)C1c1ccc(C)o1. The van der Waals surface area contributed by atoms with Crippen molar-refractivity contribution in [3.05, 3.63) is 58.6 Å². The van der Waals surface area contributed by atoms with E-state index in [1.807, 2.05) is 19.9 Å². The first kappa shape index (κ1) is 18.3. The topological polar surface area (TPSA) is 80.0 Å². The molecule has 1 amide bonds. The van der Waals surface area contributed by atoms with E-state index in [0.717, 1.165) is 30.6 Å². The highest BCUT2D eigenvalue weighted by molar-refractivity contribution is 6.46. The first-order chi connectivity index (χ1) is 13.5. The zero-order valence-corrected chi connectivity index (χ0v) is 16.0. The van der Waals surface area contributed by atoms with Crippen molar-refractivity contribution in [2.24, 2.45) is 0 Å². The molecular weight excluding hydrogens is 358 g/mol. The molecule has 28 heavy (non-hydrogen) atoms. The van der Waals surface area contributed by atoms with Crippen molar-refractivity contribution < 1.29 is 23.8 Å². The minimum absolute atomic E-state index is 0.0781. The van der Waals surface area contributed by atoms with Gasteiger partial charge >= 0.3 is 0 Å². The number of aliphatic hydroxyl groups is 1. The molecule has 0 spiro atoms. The van der Waals surface area contributed by atoms with Gasteiger partial charge in [-0.2, -0.15) is 0 Å². The Bertz CT molecular complexity index is 971. The first-order valence-corrected chi connectivity index (χ1v) is 9.62.